The Kier molecular flexibility index (Phi) is 4.66. The molecule has 0 spiro atoms. The molecule has 1 fully saturated rings. The van der Waals surface area contributed by atoms with E-state index in [1.807, 2.05) is 0 Å². The van der Waals surface area contributed by atoms with Gasteiger partial charge in [0, 0.05) is 7.11 Å². The summed E-state index contributed by atoms with van der Waals surface area (Å²) in [4.78, 5) is 31.6. The maximum Gasteiger partial charge on any atom is 0.472 e. The van der Waals surface area contributed by atoms with Crippen molar-refractivity contribution in [3.8, 4) is 0 Å². The smallest absolute Gasteiger partial charge is 0.386 e. The molecule has 0 bridgehead atoms. The van der Waals surface area contributed by atoms with Crippen LogP contribution in [0.15, 0.2) is 11.1 Å². The summed E-state index contributed by atoms with van der Waals surface area (Å²) < 4.78 is 28.2. The van der Waals surface area contributed by atoms with E-state index in [1.165, 1.54) is 10.9 Å². The topological polar surface area (TPSA) is 175 Å². The third-order valence-corrected chi connectivity index (χ3v) is 4.89. The highest BCUT2D eigenvalue weighted by atomic mass is 31.2. The highest BCUT2D eigenvalue weighted by Crippen LogP contribution is 2.48. The van der Waals surface area contributed by atoms with Crippen LogP contribution in [0, 0.1) is 0 Å². The molecule has 13 heteroatoms. The van der Waals surface area contributed by atoms with Crippen LogP contribution in [-0.2, 0) is 18.3 Å². The highest BCUT2D eigenvalue weighted by molar-refractivity contribution is 7.47. The molecule has 0 aromatic carbocycles. The number of nitrogens with two attached hydrogens (primary N) is 1. The lowest BCUT2D eigenvalue weighted by Gasteiger charge is -2.21. The zero-order valence-corrected chi connectivity index (χ0v) is 14.3. The first-order valence-electron chi connectivity index (χ1n) is 7.40. The number of nitrogens with one attached hydrogen (secondary N) is 1. The Hall–Kier alpha value is -1.82. The summed E-state index contributed by atoms with van der Waals surface area (Å²) in [5, 5.41) is 10.5. The molecule has 5 atom stereocenters. The van der Waals surface area contributed by atoms with E-state index in [4.69, 9.17) is 15.0 Å². The molecule has 3 heterocycles. The fourth-order valence-electron chi connectivity index (χ4n) is 2.73. The first kappa shape index (κ1) is 18.0. The predicted molar refractivity (Wildman–Crippen MR) is 84.5 cm³/mol. The fraction of sp³-hybridized carbons (Fsp3) is 0.583. The van der Waals surface area contributed by atoms with Crippen molar-refractivity contribution in [1.29, 1.82) is 0 Å². The third kappa shape index (κ3) is 3.19. The van der Waals surface area contributed by atoms with Gasteiger partial charge in [-0.2, -0.15) is 4.98 Å². The van der Waals surface area contributed by atoms with Crippen LogP contribution < -0.4 is 11.3 Å². The molecule has 1 saturated heterocycles. The van der Waals surface area contributed by atoms with Gasteiger partial charge in [-0.25, -0.2) is 9.55 Å². The second kappa shape index (κ2) is 6.48. The first-order chi connectivity index (χ1) is 11.8. The molecular weight excluding hydrogens is 357 g/mol. The van der Waals surface area contributed by atoms with E-state index >= 15 is 0 Å². The summed E-state index contributed by atoms with van der Waals surface area (Å²) in [6, 6.07) is 0. The lowest BCUT2D eigenvalue weighted by molar-refractivity contribution is -0.0355. The average Bonchev–Trinajstić information content (AvgIpc) is 3.09. The molecule has 0 saturated carbocycles. The summed E-state index contributed by atoms with van der Waals surface area (Å²) in [5.41, 5.74) is 5.14. The molecule has 3 rings (SSSR count). The third-order valence-electron chi connectivity index (χ3n) is 3.92. The van der Waals surface area contributed by atoms with Gasteiger partial charge in [0.15, 0.2) is 17.4 Å². The van der Waals surface area contributed by atoms with Crippen LogP contribution in [0.25, 0.3) is 11.2 Å². The molecular formula is C12H18N5O7P. The minimum absolute atomic E-state index is 0.0205. The van der Waals surface area contributed by atoms with Gasteiger partial charge in [-0.05, 0) is 6.42 Å². The fourth-order valence-corrected chi connectivity index (χ4v) is 3.39. The van der Waals surface area contributed by atoms with Gasteiger partial charge in [0.25, 0.3) is 5.56 Å². The van der Waals surface area contributed by atoms with Gasteiger partial charge in [-0.15, -0.1) is 0 Å². The first-order valence-corrected chi connectivity index (χ1v) is 8.89. The summed E-state index contributed by atoms with van der Waals surface area (Å²) >= 11 is 0. The van der Waals surface area contributed by atoms with E-state index in [2.05, 4.69) is 19.5 Å². The molecule has 5 N–H and O–H groups in total. The monoisotopic (exact) mass is 375 g/mol. The van der Waals surface area contributed by atoms with Crippen LogP contribution in [0.2, 0.25) is 0 Å². The lowest BCUT2D eigenvalue weighted by atomic mass is 10.1. The van der Waals surface area contributed by atoms with Crippen molar-refractivity contribution in [2.24, 2.45) is 0 Å². The van der Waals surface area contributed by atoms with Gasteiger partial charge >= 0.3 is 7.82 Å². The molecule has 0 radical (unpaired) electrons. The predicted octanol–water partition coefficient (Wildman–Crippen LogP) is -0.498. The number of nitrogens with zero attached hydrogens (tertiary/aromatic N) is 3. The number of rotatable bonds is 5. The second-order valence-electron chi connectivity index (χ2n) is 5.46. The maximum atomic E-state index is 11.9. The van der Waals surface area contributed by atoms with E-state index in [-0.39, 0.29) is 17.1 Å². The maximum absolute atomic E-state index is 11.9. The van der Waals surface area contributed by atoms with Gasteiger partial charge in [0.1, 0.15) is 12.2 Å². The Labute approximate surface area is 141 Å². The highest BCUT2D eigenvalue weighted by Gasteiger charge is 2.48. The molecule has 1 aliphatic heterocycles. The number of nitrogen functional groups attached to an aromatic ring is 1. The van der Waals surface area contributed by atoms with Crippen molar-refractivity contribution < 1.29 is 28.3 Å². The minimum atomic E-state index is -4.33. The van der Waals surface area contributed by atoms with E-state index in [0.29, 0.717) is 6.42 Å². The largest absolute Gasteiger partial charge is 0.472 e. The van der Waals surface area contributed by atoms with Crippen molar-refractivity contribution in [2.45, 2.75) is 37.9 Å². The van der Waals surface area contributed by atoms with Gasteiger partial charge < -0.3 is 20.5 Å². The van der Waals surface area contributed by atoms with Crippen LogP contribution in [0.3, 0.4) is 0 Å². The number of aromatic nitrogens is 4. The Morgan fingerprint density at radius 2 is 2.28 bits per heavy atom. The molecule has 2 unspecified atom stereocenters. The number of fused-ring (bicyclic) bond motifs is 1. The molecule has 25 heavy (non-hydrogen) atoms. The van der Waals surface area contributed by atoms with Gasteiger partial charge in [0.05, 0.1) is 12.4 Å². The Balaban J connectivity index is 1.99. The van der Waals surface area contributed by atoms with E-state index in [0.717, 1.165) is 7.11 Å². The molecule has 12 nitrogen and oxygen atoms in total. The number of aliphatic hydroxyl groups is 1. The zero-order chi connectivity index (χ0) is 18.4. The van der Waals surface area contributed by atoms with Crippen molar-refractivity contribution in [3.63, 3.8) is 0 Å². The zero-order valence-electron chi connectivity index (χ0n) is 13.4. The van der Waals surface area contributed by atoms with Gasteiger partial charge in [0.2, 0.25) is 5.95 Å². The summed E-state index contributed by atoms with van der Waals surface area (Å²) in [7, 11) is -3.32. The average molecular weight is 375 g/mol. The van der Waals surface area contributed by atoms with E-state index < -0.39 is 37.9 Å². The van der Waals surface area contributed by atoms with E-state index in [9.17, 15) is 19.4 Å². The molecule has 1 aliphatic rings. The van der Waals surface area contributed by atoms with Crippen molar-refractivity contribution in [1.82, 2.24) is 19.5 Å². The van der Waals surface area contributed by atoms with Crippen molar-refractivity contribution >= 4 is 24.9 Å². The second-order valence-corrected chi connectivity index (χ2v) is 6.97. The van der Waals surface area contributed by atoms with E-state index in [1.54, 1.807) is 6.92 Å². The number of imidazole rings is 1. The number of phosphoric ester groups is 1. The number of anilines is 1. The van der Waals surface area contributed by atoms with Crippen LogP contribution in [0.1, 0.15) is 19.6 Å². The van der Waals surface area contributed by atoms with Crippen LogP contribution in [0.5, 0.6) is 0 Å². The van der Waals surface area contributed by atoms with Crippen molar-refractivity contribution in [2.75, 3.05) is 12.8 Å². The van der Waals surface area contributed by atoms with Crippen LogP contribution in [-0.4, -0.2) is 54.9 Å². The molecule has 2 aromatic heterocycles. The summed E-state index contributed by atoms with van der Waals surface area (Å²) in [5.74, 6) is -0.120. The number of H-pyrrole nitrogens is 1. The van der Waals surface area contributed by atoms with Crippen LogP contribution in [0.4, 0.5) is 5.95 Å². The standard InChI is InChI=1S/C12H18N5O7P/c1-3-5-8(24-25(20,21)22-2)7(18)11(23-5)17-4-14-6-9(17)15-12(13)16-10(6)19/h4-5,7-8,11,18H,3H2,1-2H3,(H,20,21)(H3,13,15,16,19)/t5-,7+,8?,11-/m1/s1. The van der Waals surface area contributed by atoms with Crippen LogP contribution >= 0.6 is 7.82 Å². The number of aliphatic hydroxyl groups excluding tert-OH is 1. The SMILES string of the molecule is CC[C@H]1O[C@@H](n2cnc3c(=O)[nH]c(N)nc32)[C@@H](O)C1OP(=O)(O)OC. The minimum Gasteiger partial charge on any atom is -0.386 e. The quantitative estimate of drug-likeness (QED) is 0.499. The number of hydrogen-bond acceptors (Lipinski definition) is 9. The van der Waals surface area contributed by atoms with Crippen molar-refractivity contribution in [3.05, 3.63) is 16.7 Å². The van der Waals surface area contributed by atoms with Gasteiger partial charge in [-0.3, -0.25) is 23.4 Å². The summed E-state index contributed by atoms with van der Waals surface area (Å²) in [6.45, 7) is 1.76. The number of aromatic amines is 1. The van der Waals surface area contributed by atoms with Gasteiger partial charge in [-0.1, -0.05) is 6.92 Å². The molecule has 0 amide bonds. The number of phosphoric acid groups is 1. The summed E-state index contributed by atoms with van der Waals surface area (Å²) in [6.07, 6.45) is -2.52. The molecule has 138 valence electrons. The Morgan fingerprint density at radius 3 is 2.92 bits per heavy atom. The Bertz CT molecular complexity index is 882. The number of ether oxygens (including phenoxy) is 1. The molecule has 0 aliphatic carbocycles. The molecule has 2 aromatic rings. The lowest BCUT2D eigenvalue weighted by Crippen LogP contribution is -2.33. The normalized spacial score (nSPS) is 29.1. The number of hydrogen-bond donors (Lipinski definition) is 4. The Morgan fingerprint density at radius 1 is 1.56 bits per heavy atom.